The van der Waals surface area contributed by atoms with Gasteiger partial charge in [0.25, 0.3) is 0 Å². The lowest BCUT2D eigenvalue weighted by Gasteiger charge is -1.94. The fraction of sp³-hybridized carbons (Fsp3) is 0.538. The summed E-state index contributed by atoms with van der Waals surface area (Å²) < 4.78 is 16.8. The lowest BCUT2D eigenvalue weighted by Crippen LogP contribution is -1.88. The highest BCUT2D eigenvalue weighted by Gasteiger charge is 2.16. The van der Waals surface area contributed by atoms with Gasteiger partial charge < -0.3 is 0 Å². The summed E-state index contributed by atoms with van der Waals surface area (Å²) in [5, 5.41) is 0. The predicted molar refractivity (Wildman–Crippen MR) is 67.8 cm³/mol. The predicted octanol–water partition coefficient (Wildman–Crippen LogP) is 4.53. The van der Waals surface area contributed by atoms with E-state index < -0.39 is 8.03 Å². The molecule has 1 unspecified atom stereocenters. The van der Waals surface area contributed by atoms with Crippen molar-refractivity contribution >= 4 is 8.03 Å². The fourth-order valence-electron chi connectivity index (χ4n) is 1.45. The average molecular weight is 239 g/mol. The van der Waals surface area contributed by atoms with Crippen LogP contribution in [0.4, 0.5) is 0 Å². The smallest absolute Gasteiger partial charge is 0.141 e. The molecule has 0 heterocycles. The van der Waals surface area contributed by atoms with Crippen molar-refractivity contribution < 1.29 is 9.09 Å². The van der Waals surface area contributed by atoms with E-state index in [1.165, 1.54) is 12.8 Å². The molecule has 0 aliphatic heterocycles. The van der Waals surface area contributed by atoms with E-state index in [1.807, 2.05) is 30.3 Å². The summed E-state index contributed by atoms with van der Waals surface area (Å²) in [6.07, 6.45) is 5.30. The van der Waals surface area contributed by atoms with Crippen molar-refractivity contribution in [2.75, 3.05) is 6.16 Å². The summed E-state index contributed by atoms with van der Waals surface area (Å²) in [5.41, 5.74) is 1.08. The van der Waals surface area contributed by atoms with Gasteiger partial charge in [-0.3, -0.25) is 0 Å². The molecule has 0 spiro atoms. The van der Waals surface area contributed by atoms with Gasteiger partial charge in [-0.1, -0.05) is 50.1 Å². The third kappa shape index (κ3) is 5.99. The highest BCUT2D eigenvalue weighted by molar-refractivity contribution is 7.39. The van der Waals surface area contributed by atoms with Gasteiger partial charge in [-0.2, -0.15) is 0 Å². The van der Waals surface area contributed by atoms with Crippen molar-refractivity contribution in [1.29, 1.82) is 0 Å². The Morgan fingerprint density at radius 2 is 1.88 bits per heavy atom. The van der Waals surface area contributed by atoms with Gasteiger partial charge in [-0.05, 0) is 23.0 Å². The second-order valence-electron chi connectivity index (χ2n) is 3.88. The molecule has 1 aromatic carbocycles. The van der Waals surface area contributed by atoms with Gasteiger partial charge in [0.1, 0.15) is 6.61 Å². The molecule has 0 aromatic heterocycles. The molecule has 0 saturated carbocycles. The van der Waals surface area contributed by atoms with E-state index in [0.29, 0.717) is 12.8 Å². The van der Waals surface area contributed by atoms with E-state index in [2.05, 4.69) is 6.92 Å². The fourth-order valence-corrected chi connectivity index (χ4v) is 2.36. The van der Waals surface area contributed by atoms with Crippen molar-refractivity contribution in [3.8, 4) is 0 Å². The summed E-state index contributed by atoms with van der Waals surface area (Å²) in [6, 6.07) is 9.87. The molecule has 0 bridgehead atoms. The molecule has 0 aliphatic carbocycles. The number of benzene rings is 1. The Balaban J connectivity index is 2.11. The molecule has 88 valence electrons. The van der Waals surface area contributed by atoms with E-state index in [9.17, 15) is 4.57 Å². The maximum Gasteiger partial charge on any atom is 0.508 e. The minimum atomic E-state index is -1.47. The maximum absolute atomic E-state index is 11.5. The van der Waals surface area contributed by atoms with Gasteiger partial charge in [0.2, 0.25) is 0 Å². The molecule has 0 amide bonds. The molecule has 2 nitrogen and oxygen atoms in total. The first kappa shape index (κ1) is 13.3. The van der Waals surface area contributed by atoms with Crippen molar-refractivity contribution in [1.82, 2.24) is 0 Å². The molecular weight excluding hydrogens is 219 g/mol. The Bertz CT molecular complexity index is 298. The van der Waals surface area contributed by atoms with Gasteiger partial charge in [0, 0.05) is 0 Å². The first-order valence-electron chi connectivity index (χ1n) is 5.94. The van der Waals surface area contributed by atoms with Crippen molar-refractivity contribution in [2.24, 2.45) is 0 Å². The Morgan fingerprint density at radius 1 is 1.12 bits per heavy atom. The number of hydrogen-bond donors (Lipinski definition) is 0. The first-order chi connectivity index (χ1) is 7.83. The number of hydrogen-bond acceptors (Lipinski definition) is 2. The van der Waals surface area contributed by atoms with Crippen LogP contribution in [0.25, 0.3) is 0 Å². The van der Waals surface area contributed by atoms with Crippen LogP contribution >= 0.6 is 8.03 Å². The van der Waals surface area contributed by atoms with Crippen molar-refractivity contribution in [3.63, 3.8) is 0 Å². The average Bonchev–Trinajstić information content (AvgIpc) is 2.33. The van der Waals surface area contributed by atoms with Crippen LogP contribution in [0.15, 0.2) is 30.3 Å². The molecule has 1 atom stereocenters. The van der Waals surface area contributed by atoms with Crippen LogP contribution in [-0.4, -0.2) is 6.16 Å². The van der Waals surface area contributed by atoms with Crippen LogP contribution in [0.5, 0.6) is 0 Å². The summed E-state index contributed by atoms with van der Waals surface area (Å²) >= 11 is 0. The lowest BCUT2D eigenvalue weighted by molar-refractivity contribution is 0.318. The van der Waals surface area contributed by atoms with Crippen LogP contribution in [0.2, 0.25) is 0 Å². The normalized spacial score (nSPS) is 11.4. The zero-order valence-corrected chi connectivity index (χ0v) is 10.8. The monoisotopic (exact) mass is 239 g/mol. The van der Waals surface area contributed by atoms with Crippen LogP contribution in [0.1, 0.15) is 38.2 Å². The van der Waals surface area contributed by atoms with Crippen LogP contribution < -0.4 is 0 Å². The first-order valence-corrected chi connectivity index (χ1v) is 7.30. The summed E-state index contributed by atoms with van der Waals surface area (Å²) in [7, 11) is -1.47. The number of rotatable bonds is 8. The van der Waals surface area contributed by atoms with E-state index in [4.69, 9.17) is 4.52 Å². The molecule has 0 aliphatic rings. The van der Waals surface area contributed by atoms with E-state index in [-0.39, 0.29) is 0 Å². The second kappa shape index (κ2) is 8.43. The SMILES string of the molecule is CCCCCC[P+](=O)OCc1ccccc1. The third-order valence-corrected chi connectivity index (χ3v) is 3.51. The van der Waals surface area contributed by atoms with Gasteiger partial charge in [-0.15, -0.1) is 4.52 Å². The van der Waals surface area contributed by atoms with Crippen LogP contribution in [0.3, 0.4) is 0 Å². The largest absolute Gasteiger partial charge is 0.508 e. The summed E-state index contributed by atoms with van der Waals surface area (Å²) in [6.45, 7) is 2.63. The standard InChI is InChI=1S/C13H20O2P/c1-2-3-4-8-11-16(14)15-12-13-9-6-5-7-10-13/h5-7,9-10H,2-4,8,11-12H2,1H3/q+1. The minimum absolute atomic E-state index is 0.462. The third-order valence-electron chi connectivity index (χ3n) is 2.41. The second-order valence-corrected chi connectivity index (χ2v) is 5.25. The molecule has 1 aromatic rings. The summed E-state index contributed by atoms with van der Waals surface area (Å²) in [5.74, 6) is 0. The maximum atomic E-state index is 11.5. The van der Waals surface area contributed by atoms with Crippen LogP contribution in [0, 0.1) is 0 Å². The van der Waals surface area contributed by atoms with Crippen molar-refractivity contribution in [2.45, 2.75) is 39.2 Å². The van der Waals surface area contributed by atoms with Crippen molar-refractivity contribution in [3.05, 3.63) is 35.9 Å². The van der Waals surface area contributed by atoms with Gasteiger partial charge in [0.05, 0.1) is 0 Å². The Morgan fingerprint density at radius 3 is 2.56 bits per heavy atom. The molecule has 0 saturated heterocycles. The zero-order chi connectivity index (χ0) is 11.6. The molecular formula is C13H20O2P+. The Hall–Kier alpha value is -0.720. The highest BCUT2D eigenvalue weighted by atomic mass is 31.1. The minimum Gasteiger partial charge on any atom is -0.141 e. The summed E-state index contributed by atoms with van der Waals surface area (Å²) in [4.78, 5) is 0. The number of unbranched alkanes of at least 4 members (excludes halogenated alkanes) is 3. The molecule has 3 heteroatoms. The van der Waals surface area contributed by atoms with Gasteiger partial charge >= 0.3 is 8.03 Å². The quantitative estimate of drug-likeness (QED) is 0.492. The lowest BCUT2D eigenvalue weighted by atomic mass is 10.2. The molecule has 16 heavy (non-hydrogen) atoms. The highest BCUT2D eigenvalue weighted by Crippen LogP contribution is 2.26. The molecule has 1 rings (SSSR count). The Labute approximate surface area is 98.9 Å². The molecule has 0 radical (unpaired) electrons. The topological polar surface area (TPSA) is 26.3 Å². The van der Waals surface area contributed by atoms with Gasteiger partial charge in [-0.25, -0.2) is 0 Å². The Kier molecular flexibility index (Phi) is 7.03. The van der Waals surface area contributed by atoms with Crippen LogP contribution in [-0.2, 0) is 15.7 Å². The van der Waals surface area contributed by atoms with E-state index >= 15 is 0 Å². The molecule has 0 fully saturated rings. The zero-order valence-electron chi connectivity index (χ0n) is 9.89. The molecule has 0 N–H and O–H groups in total. The van der Waals surface area contributed by atoms with Gasteiger partial charge in [0.15, 0.2) is 6.16 Å². The van der Waals surface area contributed by atoms with E-state index in [0.717, 1.165) is 18.4 Å². The van der Waals surface area contributed by atoms with E-state index in [1.54, 1.807) is 0 Å².